The number of benzene rings is 1. The van der Waals surface area contributed by atoms with Crippen LogP contribution in [0.5, 0.6) is 5.75 Å². The van der Waals surface area contributed by atoms with Gasteiger partial charge in [-0.2, -0.15) is 0 Å². The Balaban J connectivity index is 0.00000364. The van der Waals surface area contributed by atoms with Gasteiger partial charge >= 0.3 is 0 Å². The standard InChI is InChI=1S/C21H35N3O2.HI/c1-15-12-16(9-10-18(15)25-6)13-23-20(22-5)24-14-17-8-7-11-26-19(17)21(2,3)4;/h9-10,12,17,19H,7-8,11,13-14H2,1-6H3,(H2,22,23,24);1H. The third kappa shape index (κ3) is 7.14. The summed E-state index contributed by atoms with van der Waals surface area (Å²) in [7, 11) is 3.51. The molecule has 0 aromatic heterocycles. The van der Waals surface area contributed by atoms with Crippen molar-refractivity contribution in [2.45, 2.75) is 53.2 Å². The third-order valence-electron chi connectivity index (χ3n) is 4.97. The molecule has 6 heteroatoms. The Hall–Kier alpha value is -1.02. The number of aryl methyl sites for hydroxylation is 1. The zero-order chi connectivity index (χ0) is 19.2. The number of rotatable bonds is 5. The molecule has 0 aliphatic carbocycles. The van der Waals surface area contributed by atoms with Crippen molar-refractivity contribution in [3.63, 3.8) is 0 Å². The first kappa shape index (κ1) is 24.0. The first-order valence-electron chi connectivity index (χ1n) is 9.54. The quantitative estimate of drug-likeness (QED) is 0.371. The molecule has 1 aliphatic rings. The number of halogens is 1. The predicted octanol–water partition coefficient (Wildman–Crippen LogP) is 4.13. The van der Waals surface area contributed by atoms with Gasteiger partial charge in [0.1, 0.15) is 5.75 Å². The van der Waals surface area contributed by atoms with E-state index in [9.17, 15) is 0 Å². The predicted molar refractivity (Wildman–Crippen MR) is 123 cm³/mol. The fraction of sp³-hybridized carbons (Fsp3) is 0.667. The summed E-state index contributed by atoms with van der Waals surface area (Å²) >= 11 is 0. The highest BCUT2D eigenvalue weighted by molar-refractivity contribution is 14.0. The summed E-state index contributed by atoms with van der Waals surface area (Å²) in [6, 6.07) is 6.23. The number of ether oxygens (including phenoxy) is 2. The second kappa shape index (κ2) is 11.1. The molecule has 154 valence electrons. The maximum atomic E-state index is 6.07. The molecule has 2 N–H and O–H groups in total. The van der Waals surface area contributed by atoms with E-state index in [2.05, 4.69) is 55.5 Å². The Bertz CT molecular complexity index is 614. The third-order valence-corrected chi connectivity index (χ3v) is 4.97. The summed E-state index contributed by atoms with van der Waals surface area (Å²) < 4.78 is 11.4. The topological polar surface area (TPSA) is 54.9 Å². The van der Waals surface area contributed by atoms with Crippen LogP contribution in [0.3, 0.4) is 0 Å². The van der Waals surface area contributed by atoms with Crippen molar-refractivity contribution < 1.29 is 9.47 Å². The molecule has 2 unspecified atom stereocenters. The van der Waals surface area contributed by atoms with Crippen LogP contribution in [0.4, 0.5) is 0 Å². The second-order valence-electron chi connectivity index (χ2n) is 8.17. The van der Waals surface area contributed by atoms with Crippen molar-refractivity contribution in [3.8, 4) is 5.75 Å². The van der Waals surface area contributed by atoms with E-state index >= 15 is 0 Å². The van der Waals surface area contributed by atoms with Crippen LogP contribution in [-0.2, 0) is 11.3 Å². The van der Waals surface area contributed by atoms with Gasteiger partial charge in [-0.25, -0.2) is 0 Å². The molecular formula is C21H36IN3O2. The van der Waals surface area contributed by atoms with Crippen molar-refractivity contribution in [2.24, 2.45) is 16.3 Å². The Kier molecular flexibility index (Phi) is 9.87. The number of aliphatic imine (C=N–C) groups is 1. The molecule has 1 aromatic rings. The number of hydrogen-bond acceptors (Lipinski definition) is 3. The first-order chi connectivity index (χ1) is 12.3. The normalized spacial score (nSPS) is 20.6. The SMILES string of the molecule is CN=C(NCc1ccc(OC)c(C)c1)NCC1CCCOC1C(C)(C)C.I. The van der Waals surface area contributed by atoms with Gasteiger partial charge in [0.15, 0.2) is 5.96 Å². The van der Waals surface area contributed by atoms with Crippen LogP contribution in [0.15, 0.2) is 23.2 Å². The van der Waals surface area contributed by atoms with E-state index in [1.54, 1.807) is 7.11 Å². The number of hydrogen-bond donors (Lipinski definition) is 2. The maximum Gasteiger partial charge on any atom is 0.191 e. The Labute approximate surface area is 181 Å². The van der Waals surface area contributed by atoms with Crippen molar-refractivity contribution in [2.75, 3.05) is 27.3 Å². The lowest BCUT2D eigenvalue weighted by Crippen LogP contribution is -2.47. The monoisotopic (exact) mass is 489 g/mol. The molecule has 1 saturated heterocycles. The minimum Gasteiger partial charge on any atom is -0.496 e. The summed E-state index contributed by atoms with van der Waals surface area (Å²) in [4.78, 5) is 4.36. The molecule has 27 heavy (non-hydrogen) atoms. The van der Waals surface area contributed by atoms with E-state index in [-0.39, 0.29) is 35.5 Å². The van der Waals surface area contributed by atoms with E-state index in [1.807, 2.05) is 13.1 Å². The van der Waals surface area contributed by atoms with E-state index in [0.29, 0.717) is 5.92 Å². The Morgan fingerprint density at radius 1 is 1.30 bits per heavy atom. The van der Waals surface area contributed by atoms with Crippen LogP contribution in [0.2, 0.25) is 0 Å². The van der Waals surface area contributed by atoms with E-state index in [0.717, 1.165) is 43.4 Å². The number of nitrogens with one attached hydrogen (secondary N) is 2. The molecule has 1 fully saturated rings. The van der Waals surface area contributed by atoms with Crippen LogP contribution in [0.1, 0.15) is 44.7 Å². The fourth-order valence-electron chi connectivity index (χ4n) is 3.69. The molecule has 2 rings (SSSR count). The fourth-order valence-corrected chi connectivity index (χ4v) is 3.69. The molecular weight excluding hydrogens is 453 g/mol. The van der Waals surface area contributed by atoms with Gasteiger partial charge in [-0.1, -0.05) is 32.9 Å². The molecule has 0 saturated carbocycles. The zero-order valence-electron chi connectivity index (χ0n) is 17.6. The van der Waals surface area contributed by atoms with Gasteiger partial charge in [-0.3, -0.25) is 4.99 Å². The average molecular weight is 489 g/mol. The largest absolute Gasteiger partial charge is 0.496 e. The van der Waals surface area contributed by atoms with Gasteiger partial charge < -0.3 is 20.1 Å². The van der Waals surface area contributed by atoms with Crippen molar-refractivity contribution in [1.29, 1.82) is 0 Å². The smallest absolute Gasteiger partial charge is 0.191 e. The van der Waals surface area contributed by atoms with Gasteiger partial charge in [0, 0.05) is 32.7 Å². The van der Waals surface area contributed by atoms with Crippen LogP contribution in [-0.4, -0.2) is 39.4 Å². The van der Waals surface area contributed by atoms with Crippen LogP contribution < -0.4 is 15.4 Å². The first-order valence-corrected chi connectivity index (χ1v) is 9.54. The maximum absolute atomic E-state index is 6.07. The molecule has 5 nitrogen and oxygen atoms in total. The van der Waals surface area contributed by atoms with Crippen molar-refractivity contribution >= 4 is 29.9 Å². The number of methoxy groups -OCH3 is 1. The van der Waals surface area contributed by atoms with E-state index < -0.39 is 0 Å². The highest BCUT2D eigenvalue weighted by Crippen LogP contribution is 2.33. The minimum atomic E-state index is 0. The number of guanidine groups is 1. The van der Waals surface area contributed by atoms with Gasteiger partial charge in [-0.15, -0.1) is 24.0 Å². The van der Waals surface area contributed by atoms with Gasteiger partial charge in [0.05, 0.1) is 13.2 Å². The van der Waals surface area contributed by atoms with E-state index in [4.69, 9.17) is 9.47 Å². The average Bonchev–Trinajstić information content (AvgIpc) is 2.61. The van der Waals surface area contributed by atoms with Gasteiger partial charge in [0.2, 0.25) is 0 Å². The molecule has 0 spiro atoms. The Morgan fingerprint density at radius 3 is 2.63 bits per heavy atom. The van der Waals surface area contributed by atoms with Crippen LogP contribution in [0.25, 0.3) is 0 Å². The molecule has 1 aliphatic heterocycles. The lowest BCUT2D eigenvalue weighted by Gasteiger charge is -2.40. The highest BCUT2D eigenvalue weighted by Gasteiger charge is 2.35. The lowest BCUT2D eigenvalue weighted by atomic mass is 9.78. The van der Waals surface area contributed by atoms with Crippen LogP contribution >= 0.6 is 24.0 Å². The Morgan fingerprint density at radius 2 is 2.04 bits per heavy atom. The zero-order valence-corrected chi connectivity index (χ0v) is 19.9. The van der Waals surface area contributed by atoms with E-state index in [1.165, 1.54) is 12.0 Å². The summed E-state index contributed by atoms with van der Waals surface area (Å²) in [5.74, 6) is 2.25. The summed E-state index contributed by atoms with van der Waals surface area (Å²) in [6.45, 7) is 11.3. The molecule has 2 atom stereocenters. The van der Waals surface area contributed by atoms with Gasteiger partial charge in [-0.05, 0) is 42.4 Å². The van der Waals surface area contributed by atoms with Crippen LogP contribution in [0, 0.1) is 18.3 Å². The molecule has 1 aromatic carbocycles. The highest BCUT2D eigenvalue weighted by atomic mass is 127. The summed E-state index contributed by atoms with van der Waals surface area (Å²) in [5.41, 5.74) is 2.51. The summed E-state index contributed by atoms with van der Waals surface area (Å²) in [6.07, 6.45) is 2.62. The van der Waals surface area contributed by atoms with Crippen molar-refractivity contribution in [3.05, 3.63) is 29.3 Å². The molecule has 0 radical (unpaired) electrons. The number of nitrogens with zero attached hydrogens (tertiary/aromatic N) is 1. The lowest BCUT2D eigenvalue weighted by molar-refractivity contribution is -0.0835. The van der Waals surface area contributed by atoms with Crippen molar-refractivity contribution in [1.82, 2.24) is 10.6 Å². The molecule has 1 heterocycles. The minimum absolute atomic E-state index is 0. The molecule has 0 bridgehead atoms. The summed E-state index contributed by atoms with van der Waals surface area (Å²) in [5, 5.41) is 6.88. The van der Waals surface area contributed by atoms with Gasteiger partial charge in [0.25, 0.3) is 0 Å². The second-order valence-corrected chi connectivity index (χ2v) is 8.17. The molecule has 0 amide bonds.